The molecule has 0 spiro atoms. The number of halogens is 1. The van der Waals surface area contributed by atoms with Gasteiger partial charge in [0.1, 0.15) is 0 Å². The largest absolute Gasteiger partial charge is 0.143 e. The Morgan fingerprint density at radius 1 is 1.08 bits per heavy atom. The lowest BCUT2D eigenvalue weighted by Gasteiger charge is -2.00. The molecule has 0 aliphatic rings. The van der Waals surface area contributed by atoms with Crippen LogP contribution in [0.3, 0.4) is 0 Å². The van der Waals surface area contributed by atoms with Crippen molar-refractivity contribution in [2.45, 2.75) is 4.90 Å². The third kappa shape index (κ3) is 1.30. The molecule has 0 fully saturated rings. The van der Waals surface area contributed by atoms with E-state index in [9.17, 15) is 0 Å². The van der Waals surface area contributed by atoms with E-state index in [2.05, 4.69) is 12.6 Å². The lowest BCUT2D eigenvalue weighted by Crippen LogP contribution is -1.73. The fourth-order valence-electron chi connectivity index (χ4n) is 1.23. The molecule has 0 aliphatic carbocycles. The Morgan fingerprint density at radius 3 is 2.75 bits per heavy atom. The Kier molecular flexibility index (Phi) is 1.99. The van der Waals surface area contributed by atoms with Gasteiger partial charge in [-0.2, -0.15) is 0 Å². The van der Waals surface area contributed by atoms with Gasteiger partial charge in [0.2, 0.25) is 0 Å². The molecule has 2 aromatic carbocycles. The zero-order chi connectivity index (χ0) is 8.55. The van der Waals surface area contributed by atoms with E-state index < -0.39 is 0 Å². The van der Waals surface area contributed by atoms with Crippen LogP contribution in [-0.2, 0) is 0 Å². The molecule has 0 bridgehead atoms. The number of thiol groups is 1. The number of hydrogen-bond acceptors (Lipinski definition) is 1. The van der Waals surface area contributed by atoms with Gasteiger partial charge < -0.3 is 0 Å². The summed E-state index contributed by atoms with van der Waals surface area (Å²) in [6.45, 7) is 0. The molecule has 0 radical (unpaired) electrons. The summed E-state index contributed by atoms with van der Waals surface area (Å²) in [7, 11) is 0. The number of benzene rings is 2. The van der Waals surface area contributed by atoms with Gasteiger partial charge in [-0.1, -0.05) is 29.8 Å². The molecule has 0 saturated carbocycles. The SMILES string of the molecule is Sc1cccc2ccc(Cl)cc12. The maximum Gasteiger partial charge on any atom is 0.0412 e. The van der Waals surface area contributed by atoms with E-state index in [1.54, 1.807) is 0 Å². The molecule has 0 saturated heterocycles. The molecule has 0 amide bonds. The average molecular weight is 195 g/mol. The van der Waals surface area contributed by atoms with E-state index >= 15 is 0 Å². The van der Waals surface area contributed by atoms with E-state index in [-0.39, 0.29) is 0 Å². The highest BCUT2D eigenvalue weighted by Crippen LogP contribution is 2.24. The Morgan fingerprint density at radius 2 is 1.92 bits per heavy atom. The molecule has 0 heterocycles. The van der Waals surface area contributed by atoms with Gasteiger partial charge in [-0.15, -0.1) is 12.6 Å². The van der Waals surface area contributed by atoms with Crippen molar-refractivity contribution in [1.82, 2.24) is 0 Å². The van der Waals surface area contributed by atoms with Gasteiger partial charge in [-0.25, -0.2) is 0 Å². The maximum absolute atomic E-state index is 5.86. The highest BCUT2D eigenvalue weighted by molar-refractivity contribution is 7.80. The Labute approximate surface area is 81.6 Å². The van der Waals surface area contributed by atoms with E-state index in [1.165, 1.54) is 5.39 Å². The van der Waals surface area contributed by atoms with Gasteiger partial charge >= 0.3 is 0 Å². The van der Waals surface area contributed by atoms with Gasteiger partial charge in [0.15, 0.2) is 0 Å². The van der Waals surface area contributed by atoms with E-state index in [0.717, 1.165) is 15.3 Å². The summed E-state index contributed by atoms with van der Waals surface area (Å²) in [5, 5.41) is 3.03. The molecule has 0 nitrogen and oxygen atoms in total. The van der Waals surface area contributed by atoms with E-state index in [1.807, 2.05) is 36.4 Å². The molecule has 0 atom stereocenters. The summed E-state index contributed by atoms with van der Waals surface area (Å²) in [5.41, 5.74) is 0. The minimum absolute atomic E-state index is 0.754. The smallest absolute Gasteiger partial charge is 0.0412 e. The maximum atomic E-state index is 5.86. The zero-order valence-electron chi connectivity index (χ0n) is 6.29. The predicted molar refractivity (Wildman–Crippen MR) is 56.2 cm³/mol. The molecule has 60 valence electrons. The first-order valence-electron chi connectivity index (χ1n) is 3.64. The van der Waals surface area contributed by atoms with Crippen LogP contribution in [-0.4, -0.2) is 0 Å². The molecule has 0 N–H and O–H groups in total. The predicted octanol–water partition coefficient (Wildman–Crippen LogP) is 3.78. The van der Waals surface area contributed by atoms with Gasteiger partial charge in [0.25, 0.3) is 0 Å². The highest BCUT2D eigenvalue weighted by atomic mass is 35.5. The van der Waals surface area contributed by atoms with Crippen LogP contribution in [0.1, 0.15) is 0 Å². The fraction of sp³-hybridized carbons (Fsp3) is 0. The summed E-state index contributed by atoms with van der Waals surface area (Å²) in [6, 6.07) is 11.8. The average Bonchev–Trinajstić information content (AvgIpc) is 2.07. The van der Waals surface area contributed by atoms with Crippen molar-refractivity contribution in [1.29, 1.82) is 0 Å². The normalized spacial score (nSPS) is 10.5. The highest BCUT2D eigenvalue weighted by Gasteiger charge is 1.96. The lowest BCUT2D eigenvalue weighted by atomic mass is 10.1. The quantitative estimate of drug-likeness (QED) is 0.607. The van der Waals surface area contributed by atoms with Crippen LogP contribution in [0.25, 0.3) is 10.8 Å². The molecule has 2 aromatic rings. The fourth-order valence-corrected chi connectivity index (χ4v) is 1.68. The number of hydrogen-bond donors (Lipinski definition) is 1. The molecule has 0 unspecified atom stereocenters. The molecule has 0 aliphatic heterocycles. The zero-order valence-corrected chi connectivity index (χ0v) is 7.94. The second-order valence-corrected chi connectivity index (χ2v) is 3.56. The van der Waals surface area contributed by atoms with Crippen LogP contribution in [0.2, 0.25) is 5.02 Å². The minimum Gasteiger partial charge on any atom is -0.143 e. The first-order chi connectivity index (χ1) is 5.77. The minimum atomic E-state index is 0.754. The second-order valence-electron chi connectivity index (χ2n) is 2.64. The first kappa shape index (κ1) is 7.96. The topological polar surface area (TPSA) is 0 Å². The second kappa shape index (κ2) is 3.00. The van der Waals surface area contributed by atoms with E-state index in [0.29, 0.717) is 0 Å². The van der Waals surface area contributed by atoms with Crippen molar-refractivity contribution in [2.75, 3.05) is 0 Å². The van der Waals surface area contributed by atoms with Gasteiger partial charge in [0, 0.05) is 9.92 Å². The van der Waals surface area contributed by atoms with Gasteiger partial charge in [-0.05, 0) is 29.0 Å². The van der Waals surface area contributed by atoms with Crippen LogP contribution in [0.15, 0.2) is 41.3 Å². The van der Waals surface area contributed by atoms with Crippen molar-refractivity contribution in [2.24, 2.45) is 0 Å². The van der Waals surface area contributed by atoms with Crippen LogP contribution in [0, 0.1) is 0 Å². The molecule has 2 heteroatoms. The molecule has 12 heavy (non-hydrogen) atoms. The van der Waals surface area contributed by atoms with Gasteiger partial charge in [0.05, 0.1) is 0 Å². The van der Waals surface area contributed by atoms with Crippen molar-refractivity contribution in [3.63, 3.8) is 0 Å². The van der Waals surface area contributed by atoms with Crippen LogP contribution in [0.5, 0.6) is 0 Å². The van der Waals surface area contributed by atoms with Crippen molar-refractivity contribution < 1.29 is 0 Å². The van der Waals surface area contributed by atoms with Crippen LogP contribution < -0.4 is 0 Å². The third-order valence-electron chi connectivity index (χ3n) is 1.82. The summed E-state index contributed by atoms with van der Waals surface area (Å²) >= 11 is 10.2. The lowest BCUT2D eigenvalue weighted by molar-refractivity contribution is 1.56. The van der Waals surface area contributed by atoms with Gasteiger partial charge in [-0.3, -0.25) is 0 Å². The number of rotatable bonds is 0. The summed E-state index contributed by atoms with van der Waals surface area (Å²) in [4.78, 5) is 0.968. The van der Waals surface area contributed by atoms with Crippen molar-refractivity contribution in [3.8, 4) is 0 Å². The monoisotopic (exact) mass is 194 g/mol. The standard InChI is InChI=1S/C10H7ClS/c11-8-5-4-7-2-1-3-10(12)9(7)6-8/h1-6,12H. The molecule has 2 rings (SSSR count). The Bertz CT molecular complexity index is 423. The first-order valence-corrected chi connectivity index (χ1v) is 4.47. The van der Waals surface area contributed by atoms with Crippen LogP contribution >= 0.6 is 24.2 Å². The van der Waals surface area contributed by atoms with Crippen LogP contribution in [0.4, 0.5) is 0 Å². The molecular weight excluding hydrogens is 188 g/mol. The summed E-state index contributed by atoms with van der Waals surface area (Å²) in [5.74, 6) is 0. The summed E-state index contributed by atoms with van der Waals surface area (Å²) in [6.07, 6.45) is 0. The van der Waals surface area contributed by atoms with Crippen molar-refractivity contribution in [3.05, 3.63) is 41.4 Å². The summed E-state index contributed by atoms with van der Waals surface area (Å²) < 4.78 is 0. The molecular formula is C10H7ClS. The third-order valence-corrected chi connectivity index (χ3v) is 2.45. The van der Waals surface area contributed by atoms with Crippen molar-refractivity contribution >= 4 is 35.0 Å². The Balaban J connectivity index is 2.88. The molecule has 0 aromatic heterocycles. The number of fused-ring (bicyclic) bond motifs is 1. The Hall–Kier alpha value is -0.660. The van der Waals surface area contributed by atoms with E-state index in [4.69, 9.17) is 11.6 Å².